The zero-order chi connectivity index (χ0) is 24.9. The van der Waals surface area contributed by atoms with Crippen LogP contribution in [0.5, 0.6) is 0 Å². The molecule has 1 aromatic rings. The predicted molar refractivity (Wildman–Crippen MR) is 112 cm³/mol. The largest absolute Gasteiger partial charge is 0 e. The van der Waals surface area contributed by atoms with Crippen LogP contribution in [0.3, 0.4) is 0 Å². The Bertz CT molecular complexity index is 720. The average molecular weight is 519 g/mol. The standard InChI is InChI=1S/C19H30O6Si.3CO.Cr/c1-20-16-15-13(24-19(22-3)17(16)21-2)11-23-18(25-15)12-9-7-8-10-14(12)26(4,5)6;3*1-2;/h7-10,13,15-19H,11H2,1-6H3;;;;/t13?,15-,16+,17-,18-,19+;;;;/m1..../s1. The minimum absolute atomic E-state index is 0. The molecule has 0 amide bonds. The van der Waals surface area contributed by atoms with E-state index in [4.69, 9.17) is 42.4 Å². The third-order valence-electron chi connectivity index (χ3n) is 5.08. The van der Waals surface area contributed by atoms with Crippen LogP contribution in [0.15, 0.2) is 24.3 Å². The molecule has 0 aromatic heterocycles. The number of rotatable bonds is 5. The third kappa shape index (κ3) is 8.59. The molecule has 9 nitrogen and oxygen atoms in total. The summed E-state index contributed by atoms with van der Waals surface area (Å²) in [7, 11) is 3.35. The second kappa shape index (κ2) is 17.4. The molecule has 0 spiro atoms. The summed E-state index contributed by atoms with van der Waals surface area (Å²) in [5, 5.41) is 1.34. The number of ether oxygens (including phenoxy) is 6. The van der Waals surface area contributed by atoms with Crippen LogP contribution in [-0.4, -0.2) is 66.7 Å². The minimum atomic E-state index is -1.54. The van der Waals surface area contributed by atoms with E-state index >= 15 is 0 Å². The molecule has 2 fully saturated rings. The second-order valence-corrected chi connectivity index (χ2v) is 12.8. The van der Waals surface area contributed by atoms with Gasteiger partial charge in [-0.05, 0) is 0 Å². The molecule has 0 bridgehead atoms. The Morgan fingerprint density at radius 3 is 1.88 bits per heavy atom. The predicted octanol–water partition coefficient (Wildman–Crippen LogP) is 1.93. The fourth-order valence-corrected chi connectivity index (χ4v) is 5.46. The normalized spacial score (nSPS) is 27.9. The number of fused-ring (bicyclic) bond motifs is 1. The quantitative estimate of drug-likeness (QED) is 0.334. The topological polar surface area (TPSA) is 115 Å². The zero-order valence-electron chi connectivity index (χ0n) is 19.6. The van der Waals surface area contributed by atoms with Crippen LogP contribution in [0.4, 0.5) is 0 Å². The summed E-state index contributed by atoms with van der Waals surface area (Å²) in [5.41, 5.74) is 1.10. The van der Waals surface area contributed by atoms with E-state index in [1.807, 2.05) is 6.07 Å². The van der Waals surface area contributed by atoms with E-state index in [1.165, 1.54) is 5.19 Å². The summed E-state index contributed by atoms with van der Waals surface area (Å²) >= 11 is 0. The fourth-order valence-electron chi connectivity index (χ4n) is 3.80. The molecule has 0 radical (unpaired) electrons. The van der Waals surface area contributed by atoms with Gasteiger partial charge < -0.3 is 28.4 Å². The van der Waals surface area contributed by atoms with Crippen LogP contribution < -0.4 is 5.19 Å². The Morgan fingerprint density at radius 2 is 1.39 bits per heavy atom. The van der Waals surface area contributed by atoms with Crippen molar-refractivity contribution in [3.8, 4) is 0 Å². The van der Waals surface area contributed by atoms with Crippen LogP contribution in [-0.2, 0) is 59.7 Å². The number of hydrogen-bond donors (Lipinski definition) is 0. The molecule has 0 N–H and O–H groups in total. The minimum Gasteiger partial charge on any atom is 0 e. The molecule has 2 heterocycles. The van der Waals surface area contributed by atoms with Gasteiger partial charge in [0.2, 0.25) is 0 Å². The van der Waals surface area contributed by atoms with Crippen molar-refractivity contribution in [2.24, 2.45) is 0 Å². The van der Waals surface area contributed by atoms with Gasteiger partial charge in [0, 0.05) is 44.3 Å². The fraction of sp³-hybridized carbons (Fsp3) is 0.591. The SMILES string of the molecule is CO[C@H]1OC2CO[C@@H](c3ccccc3[Si](C)(C)C)O[C@H]2[C@H](OC)[C@H]1OC.[C-]#[O+].[C-]#[O+].[C-]#[O+].[Cr]. The number of benzene rings is 1. The molecular weight excluding hydrogens is 488 g/mol. The van der Waals surface area contributed by atoms with Crippen molar-refractivity contribution in [1.82, 2.24) is 0 Å². The maximum absolute atomic E-state index is 7.50. The second-order valence-electron chi connectivity index (χ2n) is 7.78. The van der Waals surface area contributed by atoms with Crippen molar-refractivity contribution in [2.75, 3.05) is 27.9 Å². The van der Waals surface area contributed by atoms with Gasteiger partial charge in [-0.3, -0.25) is 0 Å². The van der Waals surface area contributed by atoms with Crippen LogP contribution in [0.25, 0.3) is 0 Å². The summed E-state index contributed by atoms with van der Waals surface area (Å²) in [6.45, 7) is 20.9. The molecule has 2 aliphatic rings. The van der Waals surface area contributed by atoms with Gasteiger partial charge in [0.25, 0.3) is 0 Å². The summed E-state index contributed by atoms with van der Waals surface area (Å²) in [6, 6.07) is 8.39. The smallest absolute Gasteiger partial charge is 0 e. The Morgan fingerprint density at radius 1 is 0.848 bits per heavy atom. The van der Waals surface area contributed by atoms with Crippen molar-refractivity contribution in [3.05, 3.63) is 49.8 Å². The molecule has 0 aliphatic carbocycles. The van der Waals surface area contributed by atoms with Crippen molar-refractivity contribution >= 4 is 13.3 Å². The van der Waals surface area contributed by atoms with Crippen LogP contribution in [0.1, 0.15) is 11.9 Å². The zero-order valence-corrected chi connectivity index (χ0v) is 21.8. The molecule has 182 valence electrons. The first-order chi connectivity index (χ1) is 15.4. The van der Waals surface area contributed by atoms with Crippen molar-refractivity contribution in [1.29, 1.82) is 0 Å². The summed E-state index contributed by atoms with van der Waals surface area (Å²) in [5.74, 6) is 0. The molecule has 11 heteroatoms. The average Bonchev–Trinajstić information content (AvgIpc) is 2.85. The van der Waals surface area contributed by atoms with Crippen molar-refractivity contribution in [2.45, 2.75) is 56.6 Å². The monoisotopic (exact) mass is 518 g/mol. The first kappa shape index (κ1) is 34.1. The molecule has 0 saturated carbocycles. The molecule has 1 aromatic carbocycles. The van der Waals surface area contributed by atoms with Gasteiger partial charge in [0.05, 0.1) is 14.7 Å². The Kier molecular flexibility index (Phi) is 18.0. The van der Waals surface area contributed by atoms with Gasteiger partial charge in [0.1, 0.15) is 24.4 Å². The van der Waals surface area contributed by atoms with Crippen LogP contribution >= 0.6 is 0 Å². The Labute approximate surface area is 207 Å². The van der Waals surface area contributed by atoms with E-state index in [9.17, 15) is 0 Å². The van der Waals surface area contributed by atoms with E-state index in [-0.39, 0.29) is 41.8 Å². The van der Waals surface area contributed by atoms with Crippen LogP contribution in [0.2, 0.25) is 19.6 Å². The first-order valence-electron chi connectivity index (χ1n) is 9.62. The van der Waals surface area contributed by atoms with Crippen molar-refractivity contribution < 1.29 is 59.7 Å². The van der Waals surface area contributed by atoms with Gasteiger partial charge in [-0.2, -0.15) is 0 Å². The maximum atomic E-state index is 7.50. The Hall–Kier alpha value is -1.05. The molecular formula is C22H30CrO9Si. The molecule has 6 atom stereocenters. The number of methoxy groups -OCH3 is 3. The van der Waals surface area contributed by atoms with Gasteiger partial charge >= 0.3 is 33.9 Å². The van der Waals surface area contributed by atoms with Gasteiger partial charge in [-0.25, -0.2) is 0 Å². The van der Waals surface area contributed by atoms with Gasteiger partial charge in [-0.1, -0.05) is 49.1 Å². The molecule has 2 aliphatic heterocycles. The van der Waals surface area contributed by atoms with Gasteiger partial charge in [-0.15, -0.1) is 0 Å². The van der Waals surface area contributed by atoms with E-state index in [0.29, 0.717) is 6.61 Å². The molecule has 33 heavy (non-hydrogen) atoms. The van der Waals surface area contributed by atoms with Crippen LogP contribution in [0, 0.1) is 20.0 Å². The maximum Gasteiger partial charge on any atom is 0 e. The summed E-state index contributed by atoms with van der Waals surface area (Å²) in [6.07, 6.45) is -2.15. The third-order valence-corrected chi connectivity index (χ3v) is 7.15. The van der Waals surface area contributed by atoms with Gasteiger partial charge in [0.15, 0.2) is 12.6 Å². The Balaban J connectivity index is 0. The molecule has 3 rings (SSSR count). The van der Waals surface area contributed by atoms with Crippen molar-refractivity contribution in [3.63, 3.8) is 0 Å². The first-order valence-corrected chi connectivity index (χ1v) is 13.1. The number of hydrogen-bond acceptors (Lipinski definition) is 6. The van der Waals surface area contributed by atoms with E-state index in [2.05, 4.69) is 57.8 Å². The molecule has 1 unspecified atom stereocenters. The van der Waals surface area contributed by atoms with E-state index in [0.717, 1.165) is 5.56 Å². The summed E-state index contributed by atoms with van der Waals surface area (Å²) in [4.78, 5) is 0. The summed E-state index contributed by atoms with van der Waals surface area (Å²) < 4.78 is 57.6. The van der Waals surface area contributed by atoms with E-state index < -0.39 is 20.7 Å². The van der Waals surface area contributed by atoms with E-state index in [1.54, 1.807) is 21.3 Å². The molecule has 2 saturated heterocycles.